The third kappa shape index (κ3) is 6.14. The van der Waals surface area contributed by atoms with Crippen LogP contribution in [0.4, 0.5) is 20.6 Å². The van der Waals surface area contributed by atoms with Gasteiger partial charge in [0, 0.05) is 12.2 Å². The van der Waals surface area contributed by atoms with E-state index in [0.717, 1.165) is 16.9 Å². The molecule has 0 radical (unpaired) electrons. The topological polar surface area (TPSA) is 79.0 Å². The van der Waals surface area contributed by atoms with E-state index in [-0.39, 0.29) is 25.2 Å². The molecule has 1 heterocycles. The highest BCUT2D eigenvalue weighted by Crippen LogP contribution is 2.28. The minimum atomic E-state index is -1.01. The van der Waals surface area contributed by atoms with Crippen molar-refractivity contribution in [2.24, 2.45) is 0 Å². The number of nitrogens with zero attached hydrogens (tertiary/aromatic N) is 2. The van der Waals surface area contributed by atoms with Crippen molar-refractivity contribution in [3.8, 4) is 5.75 Å². The monoisotopic (exact) mass is 503 g/mol. The minimum absolute atomic E-state index is 0.0925. The Balaban J connectivity index is 1.51. The van der Waals surface area contributed by atoms with E-state index in [1.165, 1.54) is 11.0 Å². The molecule has 1 saturated heterocycles. The number of carbonyl (C=O) groups is 3. The molecular weight excluding hydrogens is 473 g/mol. The molecule has 37 heavy (non-hydrogen) atoms. The van der Waals surface area contributed by atoms with Gasteiger partial charge in [-0.05, 0) is 67.8 Å². The number of aryl methyl sites for hydroxylation is 1. The zero-order valence-electron chi connectivity index (χ0n) is 20.9. The number of hydrogen-bond donors (Lipinski definition) is 1. The smallest absolute Gasteiger partial charge is 0.332 e. The highest BCUT2D eigenvalue weighted by Gasteiger charge is 2.46. The van der Waals surface area contributed by atoms with E-state index < -0.39 is 23.9 Å². The number of halogens is 1. The molecule has 1 N–H and O–H groups in total. The van der Waals surface area contributed by atoms with Crippen LogP contribution in [0.15, 0.2) is 72.8 Å². The Bertz CT molecular complexity index is 1260. The molecule has 0 saturated carbocycles. The van der Waals surface area contributed by atoms with Crippen molar-refractivity contribution in [3.63, 3.8) is 0 Å². The van der Waals surface area contributed by atoms with Crippen LogP contribution in [0.5, 0.6) is 5.75 Å². The Morgan fingerprint density at radius 1 is 1.00 bits per heavy atom. The van der Waals surface area contributed by atoms with Crippen molar-refractivity contribution in [2.75, 3.05) is 23.4 Å². The van der Waals surface area contributed by atoms with Crippen LogP contribution in [0, 0.1) is 12.7 Å². The molecule has 192 valence electrons. The zero-order chi connectivity index (χ0) is 26.4. The summed E-state index contributed by atoms with van der Waals surface area (Å²) >= 11 is 0. The Labute approximate surface area is 215 Å². The number of anilines is 2. The lowest BCUT2D eigenvalue weighted by atomic mass is 10.1. The minimum Gasteiger partial charge on any atom is -0.494 e. The normalized spacial score (nSPS) is 15.3. The fraction of sp³-hybridized carbons (Fsp3) is 0.276. The standard InChI is InChI=1S/C29H30FN3O4/c1-3-18-37-24-14-10-22(11-15-24)31-27(34)19-26-28(35)33(23-12-8-20(2)9-13-23)29(36)32(26)17-16-21-6-4-5-7-25(21)30/h4-15,26H,3,16-19H2,1-2H3,(H,31,34)/t26-/m1/s1. The molecule has 1 aliphatic rings. The molecule has 1 atom stereocenters. The number of hydrogen-bond acceptors (Lipinski definition) is 4. The maximum absolute atomic E-state index is 14.2. The molecule has 0 spiro atoms. The maximum atomic E-state index is 14.2. The molecule has 7 nitrogen and oxygen atoms in total. The number of rotatable bonds is 10. The Morgan fingerprint density at radius 3 is 2.38 bits per heavy atom. The average Bonchev–Trinajstić information content (AvgIpc) is 3.12. The van der Waals surface area contributed by atoms with Crippen molar-refractivity contribution in [1.29, 1.82) is 0 Å². The molecular formula is C29H30FN3O4. The van der Waals surface area contributed by atoms with E-state index in [9.17, 15) is 18.8 Å². The van der Waals surface area contributed by atoms with Gasteiger partial charge < -0.3 is 15.0 Å². The summed E-state index contributed by atoms with van der Waals surface area (Å²) < 4.78 is 19.8. The molecule has 8 heteroatoms. The van der Waals surface area contributed by atoms with Crippen LogP contribution in [0.25, 0.3) is 0 Å². The first-order valence-electron chi connectivity index (χ1n) is 12.3. The second kappa shape index (κ2) is 11.7. The molecule has 0 aliphatic carbocycles. The summed E-state index contributed by atoms with van der Waals surface area (Å²) in [5.74, 6) is -0.572. The lowest BCUT2D eigenvalue weighted by molar-refractivity contribution is -0.124. The number of nitrogens with one attached hydrogen (secondary N) is 1. The molecule has 0 unspecified atom stereocenters. The van der Waals surface area contributed by atoms with Crippen molar-refractivity contribution in [3.05, 3.63) is 89.7 Å². The van der Waals surface area contributed by atoms with Gasteiger partial charge in [0.25, 0.3) is 5.91 Å². The SMILES string of the molecule is CCCOc1ccc(NC(=O)C[C@@H]2C(=O)N(c3ccc(C)cc3)C(=O)N2CCc2ccccc2F)cc1. The van der Waals surface area contributed by atoms with Gasteiger partial charge in [-0.15, -0.1) is 0 Å². The fourth-order valence-electron chi connectivity index (χ4n) is 4.20. The van der Waals surface area contributed by atoms with Gasteiger partial charge >= 0.3 is 6.03 Å². The molecule has 1 fully saturated rings. The fourth-order valence-corrected chi connectivity index (χ4v) is 4.20. The van der Waals surface area contributed by atoms with E-state index in [2.05, 4.69) is 5.32 Å². The molecule has 1 aliphatic heterocycles. The van der Waals surface area contributed by atoms with Crippen LogP contribution in [0.1, 0.15) is 30.9 Å². The van der Waals surface area contributed by atoms with Gasteiger partial charge in [-0.3, -0.25) is 9.59 Å². The van der Waals surface area contributed by atoms with Gasteiger partial charge in [0.2, 0.25) is 5.91 Å². The van der Waals surface area contributed by atoms with Gasteiger partial charge in [-0.25, -0.2) is 14.1 Å². The summed E-state index contributed by atoms with van der Waals surface area (Å²) in [5, 5.41) is 2.79. The van der Waals surface area contributed by atoms with Gasteiger partial charge in [0.1, 0.15) is 17.6 Å². The Hall–Kier alpha value is -4.20. The highest BCUT2D eigenvalue weighted by molar-refractivity contribution is 6.22. The molecule has 3 aromatic rings. The van der Waals surface area contributed by atoms with Gasteiger partial charge in [-0.2, -0.15) is 0 Å². The number of imide groups is 1. The van der Waals surface area contributed by atoms with Crippen LogP contribution in [-0.4, -0.2) is 41.9 Å². The molecule has 0 bridgehead atoms. The summed E-state index contributed by atoms with van der Waals surface area (Å²) in [7, 11) is 0. The van der Waals surface area contributed by atoms with E-state index in [4.69, 9.17) is 4.74 Å². The highest BCUT2D eigenvalue weighted by atomic mass is 19.1. The van der Waals surface area contributed by atoms with Gasteiger partial charge in [0.05, 0.1) is 18.7 Å². The lowest BCUT2D eigenvalue weighted by Gasteiger charge is -2.21. The summed E-state index contributed by atoms with van der Waals surface area (Å²) in [6, 6.07) is 18.8. The van der Waals surface area contributed by atoms with E-state index >= 15 is 0 Å². The van der Waals surface area contributed by atoms with Crippen molar-refractivity contribution >= 4 is 29.2 Å². The predicted octanol–water partition coefficient (Wildman–Crippen LogP) is 5.33. The van der Waals surface area contributed by atoms with Crippen molar-refractivity contribution in [1.82, 2.24) is 4.90 Å². The molecule has 4 amide bonds. The summed E-state index contributed by atoms with van der Waals surface area (Å²) in [5.41, 5.74) is 2.41. The van der Waals surface area contributed by atoms with Crippen LogP contribution in [0.3, 0.4) is 0 Å². The number of urea groups is 1. The van der Waals surface area contributed by atoms with Crippen molar-refractivity contribution < 1.29 is 23.5 Å². The second-order valence-corrected chi connectivity index (χ2v) is 8.97. The molecule has 0 aromatic heterocycles. The van der Waals surface area contributed by atoms with Gasteiger partial charge in [-0.1, -0.05) is 42.8 Å². The first-order chi connectivity index (χ1) is 17.9. The predicted molar refractivity (Wildman–Crippen MR) is 140 cm³/mol. The number of benzene rings is 3. The second-order valence-electron chi connectivity index (χ2n) is 8.97. The molecule has 3 aromatic carbocycles. The van der Waals surface area contributed by atoms with Crippen LogP contribution in [0.2, 0.25) is 0 Å². The van der Waals surface area contributed by atoms with Crippen molar-refractivity contribution in [2.45, 2.75) is 39.2 Å². The number of ether oxygens (including phenoxy) is 1. The summed E-state index contributed by atoms with van der Waals surface area (Å²) in [6.07, 6.45) is 0.878. The summed E-state index contributed by atoms with van der Waals surface area (Å²) in [6.45, 7) is 4.62. The first-order valence-corrected chi connectivity index (χ1v) is 12.3. The van der Waals surface area contributed by atoms with Crippen LogP contribution in [-0.2, 0) is 16.0 Å². The quantitative estimate of drug-likeness (QED) is 0.379. The maximum Gasteiger partial charge on any atom is 0.332 e. The third-order valence-electron chi connectivity index (χ3n) is 6.18. The largest absolute Gasteiger partial charge is 0.494 e. The number of carbonyl (C=O) groups excluding carboxylic acids is 3. The zero-order valence-corrected chi connectivity index (χ0v) is 20.9. The first kappa shape index (κ1) is 25.9. The van der Waals surface area contributed by atoms with E-state index in [0.29, 0.717) is 29.3 Å². The molecule has 4 rings (SSSR count). The van der Waals surface area contributed by atoms with Crippen LogP contribution >= 0.6 is 0 Å². The third-order valence-corrected chi connectivity index (χ3v) is 6.18. The van der Waals surface area contributed by atoms with Crippen LogP contribution < -0.4 is 15.0 Å². The number of amides is 4. The Morgan fingerprint density at radius 2 is 1.70 bits per heavy atom. The van der Waals surface area contributed by atoms with E-state index in [1.807, 2.05) is 26.0 Å². The lowest BCUT2D eigenvalue weighted by Crippen LogP contribution is -2.39. The van der Waals surface area contributed by atoms with E-state index in [1.54, 1.807) is 54.6 Å². The summed E-state index contributed by atoms with van der Waals surface area (Å²) in [4.78, 5) is 42.2. The Kier molecular flexibility index (Phi) is 8.18. The average molecular weight is 504 g/mol. The van der Waals surface area contributed by atoms with Gasteiger partial charge in [0.15, 0.2) is 0 Å².